The van der Waals surface area contributed by atoms with Crippen molar-refractivity contribution in [2.45, 2.75) is 25.7 Å². The van der Waals surface area contributed by atoms with Crippen molar-refractivity contribution in [3.63, 3.8) is 0 Å². The molecule has 0 saturated heterocycles. The van der Waals surface area contributed by atoms with E-state index in [1.54, 1.807) is 0 Å². The van der Waals surface area contributed by atoms with E-state index in [1.807, 2.05) is 0 Å². The van der Waals surface area contributed by atoms with Gasteiger partial charge in [0.05, 0.1) is 11.0 Å². The zero-order chi connectivity index (χ0) is 33.0. The van der Waals surface area contributed by atoms with E-state index in [0.29, 0.717) is 0 Å². The standard InChI is InChI=1S/C48H37N/c1-48(2)44-19-11-9-17-40(44)41-27-23-34(31-45(41)48)30-38(35-13-5-3-6-14-35)29-33-21-24-36(25-22-33)37-26-28-47-43(32-37)42-18-10-12-20-46(42)49(47)39-15-7-4-8-16-39/h3-28,30-32H,29H2,1-2H3/b38-30-. The molecule has 0 aliphatic heterocycles. The maximum absolute atomic E-state index is 2.41. The number of allylic oxidation sites excluding steroid dienone is 1. The van der Waals surface area contributed by atoms with Gasteiger partial charge in [-0.25, -0.2) is 0 Å². The average molecular weight is 628 g/mol. The van der Waals surface area contributed by atoms with Crippen LogP contribution in [0.1, 0.15) is 41.7 Å². The van der Waals surface area contributed by atoms with E-state index in [4.69, 9.17) is 0 Å². The predicted molar refractivity (Wildman–Crippen MR) is 208 cm³/mol. The minimum Gasteiger partial charge on any atom is -0.309 e. The van der Waals surface area contributed by atoms with E-state index in [1.165, 1.54) is 83.1 Å². The molecular formula is C48H37N. The molecule has 0 bridgehead atoms. The molecule has 1 heterocycles. The van der Waals surface area contributed by atoms with Gasteiger partial charge in [0.15, 0.2) is 0 Å². The summed E-state index contributed by atoms with van der Waals surface area (Å²) in [5, 5.41) is 2.55. The van der Waals surface area contributed by atoms with Crippen molar-refractivity contribution in [2.75, 3.05) is 0 Å². The summed E-state index contributed by atoms with van der Waals surface area (Å²) in [6, 6.07) is 62.1. The predicted octanol–water partition coefficient (Wildman–Crippen LogP) is 12.5. The Kier molecular flexibility index (Phi) is 6.95. The lowest BCUT2D eigenvalue weighted by molar-refractivity contribution is 0.660. The van der Waals surface area contributed by atoms with Gasteiger partial charge in [-0.1, -0.05) is 159 Å². The van der Waals surface area contributed by atoms with E-state index >= 15 is 0 Å². The summed E-state index contributed by atoms with van der Waals surface area (Å²) < 4.78 is 2.37. The third-order valence-electron chi connectivity index (χ3n) is 10.5. The topological polar surface area (TPSA) is 4.93 Å². The van der Waals surface area contributed by atoms with Gasteiger partial charge in [0.25, 0.3) is 0 Å². The van der Waals surface area contributed by atoms with E-state index in [0.717, 1.165) is 6.42 Å². The Hall–Kier alpha value is -5.92. The van der Waals surface area contributed by atoms with Crippen LogP contribution >= 0.6 is 0 Å². The van der Waals surface area contributed by atoms with Crippen LogP contribution in [0.15, 0.2) is 170 Å². The van der Waals surface area contributed by atoms with Crippen molar-refractivity contribution in [1.29, 1.82) is 0 Å². The highest BCUT2D eigenvalue weighted by Crippen LogP contribution is 2.49. The Bertz CT molecular complexity index is 2510. The Balaban J connectivity index is 1.05. The van der Waals surface area contributed by atoms with E-state index in [9.17, 15) is 0 Å². The highest BCUT2D eigenvalue weighted by molar-refractivity contribution is 6.10. The van der Waals surface area contributed by atoms with Crippen LogP contribution in [0, 0.1) is 0 Å². The maximum Gasteiger partial charge on any atom is 0.0541 e. The van der Waals surface area contributed by atoms with Crippen LogP contribution in [-0.4, -0.2) is 4.57 Å². The van der Waals surface area contributed by atoms with Gasteiger partial charge < -0.3 is 4.57 Å². The molecule has 0 unspecified atom stereocenters. The molecule has 0 fully saturated rings. The summed E-state index contributed by atoms with van der Waals surface area (Å²) in [6.45, 7) is 4.70. The smallest absolute Gasteiger partial charge is 0.0541 e. The van der Waals surface area contributed by atoms with E-state index < -0.39 is 0 Å². The molecule has 1 heteroatoms. The molecule has 0 spiro atoms. The molecule has 0 saturated carbocycles. The van der Waals surface area contributed by atoms with Crippen molar-refractivity contribution in [1.82, 2.24) is 4.57 Å². The second-order valence-corrected chi connectivity index (χ2v) is 13.8. The van der Waals surface area contributed by atoms with Crippen LogP contribution in [0.2, 0.25) is 0 Å². The number of para-hydroxylation sites is 2. The summed E-state index contributed by atoms with van der Waals surface area (Å²) in [4.78, 5) is 0. The Morgan fingerprint density at radius 3 is 2.00 bits per heavy atom. The molecule has 1 aliphatic carbocycles. The fourth-order valence-corrected chi connectivity index (χ4v) is 7.94. The third kappa shape index (κ3) is 5.02. The number of fused-ring (bicyclic) bond motifs is 6. The van der Waals surface area contributed by atoms with Crippen LogP contribution in [0.5, 0.6) is 0 Å². The number of benzene rings is 7. The van der Waals surface area contributed by atoms with Crippen molar-refractivity contribution in [3.05, 3.63) is 198 Å². The van der Waals surface area contributed by atoms with Gasteiger partial charge in [-0.2, -0.15) is 0 Å². The first-order chi connectivity index (χ1) is 24.0. The van der Waals surface area contributed by atoms with Crippen molar-refractivity contribution >= 4 is 33.5 Å². The van der Waals surface area contributed by atoms with Gasteiger partial charge in [0, 0.05) is 21.9 Å². The second-order valence-electron chi connectivity index (χ2n) is 13.8. The van der Waals surface area contributed by atoms with Crippen LogP contribution < -0.4 is 0 Å². The molecule has 0 N–H and O–H groups in total. The lowest BCUT2D eigenvalue weighted by Gasteiger charge is -2.21. The normalized spacial score (nSPS) is 13.5. The van der Waals surface area contributed by atoms with Crippen molar-refractivity contribution in [2.24, 2.45) is 0 Å². The molecule has 8 aromatic rings. The summed E-state index contributed by atoms with van der Waals surface area (Å²) in [7, 11) is 0. The third-order valence-corrected chi connectivity index (χ3v) is 10.5. The number of hydrogen-bond acceptors (Lipinski definition) is 0. The zero-order valence-electron chi connectivity index (χ0n) is 27.9. The number of rotatable bonds is 6. The SMILES string of the molecule is CC1(C)c2ccccc2-c2ccc(/C=C(/Cc3ccc(-c4ccc5c(c4)c4ccccc4n5-c4ccccc4)cc3)c3ccccc3)cc21. The maximum atomic E-state index is 2.41. The highest BCUT2D eigenvalue weighted by Gasteiger charge is 2.35. The lowest BCUT2D eigenvalue weighted by Crippen LogP contribution is -2.14. The molecule has 1 aliphatic rings. The van der Waals surface area contributed by atoms with Gasteiger partial charge in [0.1, 0.15) is 0 Å². The second kappa shape index (κ2) is 11.6. The van der Waals surface area contributed by atoms with Gasteiger partial charge in [-0.15, -0.1) is 0 Å². The minimum atomic E-state index is -0.0159. The van der Waals surface area contributed by atoms with Gasteiger partial charge in [-0.05, 0) is 92.4 Å². The minimum absolute atomic E-state index is 0.0159. The Morgan fingerprint density at radius 2 is 1.18 bits per heavy atom. The van der Waals surface area contributed by atoms with Gasteiger partial charge in [-0.3, -0.25) is 0 Å². The fraction of sp³-hybridized carbons (Fsp3) is 0.0833. The van der Waals surface area contributed by atoms with Crippen LogP contribution in [0.4, 0.5) is 0 Å². The molecule has 234 valence electrons. The van der Waals surface area contributed by atoms with Crippen LogP contribution in [0.3, 0.4) is 0 Å². The first-order valence-electron chi connectivity index (χ1n) is 17.2. The largest absolute Gasteiger partial charge is 0.309 e. The van der Waals surface area contributed by atoms with E-state index in [2.05, 4.69) is 194 Å². The van der Waals surface area contributed by atoms with Crippen LogP contribution in [0.25, 0.3) is 61.4 Å². The molecule has 49 heavy (non-hydrogen) atoms. The first-order valence-corrected chi connectivity index (χ1v) is 17.2. The van der Waals surface area contributed by atoms with Crippen molar-refractivity contribution in [3.8, 4) is 27.9 Å². The summed E-state index contributed by atoms with van der Waals surface area (Å²) in [5.41, 5.74) is 16.7. The number of hydrogen-bond donors (Lipinski definition) is 0. The number of nitrogens with zero attached hydrogens (tertiary/aromatic N) is 1. The summed E-state index contributed by atoms with van der Waals surface area (Å²) >= 11 is 0. The Labute approximate surface area is 288 Å². The van der Waals surface area contributed by atoms with Gasteiger partial charge in [0.2, 0.25) is 0 Å². The first kappa shape index (κ1) is 29.2. The van der Waals surface area contributed by atoms with Crippen LogP contribution in [-0.2, 0) is 11.8 Å². The zero-order valence-corrected chi connectivity index (χ0v) is 27.9. The molecule has 9 rings (SSSR count). The van der Waals surface area contributed by atoms with E-state index in [-0.39, 0.29) is 5.41 Å². The lowest BCUT2D eigenvalue weighted by atomic mass is 9.82. The molecule has 0 atom stereocenters. The monoisotopic (exact) mass is 627 g/mol. The van der Waals surface area contributed by atoms with Gasteiger partial charge >= 0.3 is 0 Å². The molecule has 0 radical (unpaired) electrons. The molecule has 1 nitrogen and oxygen atoms in total. The highest BCUT2D eigenvalue weighted by atomic mass is 15.0. The summed E-state index contributed by atoms with van der Waals surface area (Å²) in [5.74, 6) is 0. The molecule has 1 aromatic heterocycles. The molecular weight excluding hydrogens is 591 g/mol. The molecule has 0 amide bonds. The Morgan fingerprint density at radius 1 is 0.531 bits per heavy atom. The molecule has 7 aromatic carbocycles. The quantitative estimate of drug-likeness (QED) is 0.162. The van der Waals surface area contributed by atoms with Crippen molar-refractivity contribution < 1.29 is 0 Å². The summed E-state index contributed by atoms with van der Waals surface area (Å²) in [6.07, 6.45) is 3.24. The fourth-order valence-electron chi connectivity index (χ4n) is 7.94. The number of aromatic nitrogens is 1. The average Bonchev–Trinajstić information content (AvgIpc) is 3.60.